The highest BCUT2D eigenvalue weighted by molar-refractivity contribution is 7.89. The van der Waals surface area contributed by atoms with Gasteiger partial charge in [-0.25, -0.2) is 8.42 Å². The van der Waals surface area contributed by atoms with Gasteiger partial charge in [0.15, 0.2) is 0 Å². The van der Waals surface area contributed by atoms with Gasteiger partial charge in [0.05, 0.1) is 18.8 Å². The van der Waals surface area contributed by atoms with Crippen molar-refractivity contribution in [3.05, 3.63) is 0 Å². The minimum atomic E-state index is -3.84. The van der Waals surface area contributed by atoms with E-state index in [0.717, 1.165) is 4.31 Å². The second kappa shape index (κ2) is 6.85. The van der Waals surface area contributed by atoms with E-state index < -0.39 is 33.3 Å². The molecule has 0 unspecified atom stereocenters. The molecule has 0 aromatic carbocycles. The lowest BCUT2D eigenvalue weighted by molar-refractivity contribution is -0.146. The third kappa shape index (κ3) is 4.79. The number of carboxylic acids is 1. The fourth-order valence-electron chi connectivity index (χ4n) is 1.60. The van der Waals surface area contributed by atoms with Crippen LogP contribution in [0.15, 0.2) is 0 Å². The Bertz CT molecular complexity index is 428. The molecule has 0 aromatic heterocycles. The topological polar surface area (TPSA) is 101 Å². The maximum atomic E-state index is 12.1. The zero-order chi connectivity index (χ0) is 15.3. The Hall–Kier alpha value is -1.15. The van der Waals surface area contributed by atoms with E-state index >= 15 is 0 Å². The number of hydrogen-bond acceptors (Lipinski definition) is 5. The number of hydrogen-bond donors (Lipinski definition) is 1. The van der Waals surface area contributed by atoms with Gasteiger partial charge in [-0.15, -0.1) is 0 Å². The lowest BCUT2D eigenvalue weighted by Gasteiger charge is -2.32. The Balaban J connectivity index is 4.96. The van der Waals surface area contributed by atoms with Crippen LogP contribution in [0.5, 0.6) is 0 Å². The molecule has 19 heavy (non-hydrogen) atoms. The maximum Gasteiger partial charge on any atom is 0.324 e. The molecule has 0 spiro atoms. The van der Waals surface area contributed by atoms with E-state index in [9.17, 15) is 18.0 Å². The van der Waals surface area contributed by atoms with Crippen molar-refractivity contribution in [3.63, 3.8) is 0 Å². The quantitative estimate of drug-likeness (QED) is 0.653. The SMILES string of the molecule is CCOC(=O)CCS(=O)(=O)N(CC)C(C)(C)C(=O)O. The predicted molar refractivity (Wildman–Crippen MR) is 69.1 cm³/mol. The van der Waals surface area contributed by atoms with Crippen molar-refractivity contribution in [2.75, 3.05) is 18.9 Å². The summed E-state index contributed by atoms with van der Waals surface area (Å²) >= 11 is 0. The number of nitrogens with zero attached hydrogens (tertiary/aromatic N) is 1. The van der Waals surface area contributed by atoms with Gasteiger partial charge < -0.3 is 9.84 Å². The first kappa shape index (κ1) is 17.8. The van der Waals surface area contributed by atoms with Crippen LogP contribution in [-0.4, -0.2) is 54.2 Å². The molecule has 0 saturated heterocycles. The summed E-state index contributed by atoms with van der Waals surface area (Å²) in [5.41, 5.74) is -1.55. The molecular weight excluding hydrogens is 274 g/mol. The highest BCUT2D eigenvalue weighted by Crippen LogP contribution is 2.20. The van der Waals surface area contributed by atoms with Crippen molar-refractivity contribution in [3.8, 4) is 0 Å². The zero-order valence-electron chi connectivity index (χ0n) is 11.7. The van der Waals surface area contributed by atoms with Gasteiger partial charge in [0.1, 0.15) is 5.54 Å². The fourth-order valence-corrected chi connectivity index (χ4v) is 3.41. The first-order valence-electron chi connectivity index (χ1n) is 5.99. The molecule has 8 heteroatoms. The molecule has 7 nitrogen and oxygen atoms in total. The van der Waals surface area contributed by atoms with Crippen LogP contribution in [0.3, 0.4) is 0 Å². The van der Waals surface area contributed by atoms with Crippen LogP contribution in [0.4, 0.5) is 0 Å². The Kier molecular flexibility index (Phi) is 6.44. The summed E-state index contributed by atoms with van der Waals surface area (Å²) in [6.07, 6.45) is -0.289. The lowest BCUT2D eigenvalue weighted by Crippen LogP contribution is -2.53. The lowest BCUT2D eigenvalue weighted by atomic mass is 10.1. The number of sulfonamides is 1. The second-order valence-corrected chi connectivity index (χ2v) is 6.41. The normalized spacial score (nSPS) is 12.5. The van der Waals surface area contributed by atoms with Crippen LogP contribution in [0.25, 0.3) is 0 Å². The summed E-state index contributed by atoms with van der Waals surface area (Å²) in [5, 5.41) is 9.07. The van der Waals surface area contributed by atoms with E-state index in [1.165, 1.54) is 13.8 Å². The summed E-state index contributed by atoms with van der Waals surface area (Å²) in [4.78, 5) is 22.3. The largest absolute Gasteiger partial charge is 0.480 e. The number of ether oxygens (including phenoxy) is 1. The number of carboxylic acid groups (broad SMARTS) is 1. The number of carbonyl (C=O) groups excluding carboxylic acids is 1. The van der Waals surface area contributed by atoms with Crippen molar-refractivity contribution in [2.45, 2.75) is 39.7 Å². The molecule has 0 aliphatic heterocycles. The van der Waals surface area contributed by atoms with Crippen molar-refractivity contribution in [1.82, 2.24) is 4.31 Å². The van der Waals surface area contributed by atoms with Gasteiger partial charge in [0.25, 0.3) is 0 Å². The number of rotatable bonds is 8. The van der Waals surface area contributed by atoms with E-state index in [1.54, 1.807) is 13.8 Å². The van der Waals surface area contributed by atoms with Gasteiger partial charge in [-0.2, -0.15) is 4.31 Å². The third-order valence-electron chi connectivity index (χ3n) is 2.64. The van der Waals surface area contributed by atoms with Gasteiger partial charge in [0, 0.05) is 6.54 Å². The van der Waals surface area contributed by atoms with E-state index in [4.69, 9.17) is 5.11 Å². The molecular formula is C11H21NO6S. The van der Waals surface area contributed by atoms with E-state index in [-0.39, 0.29) is 19.6 Å². The molecule has 0 aliphatic rings. The monoisotopic (exact) mass is 295 g/mol. The molecule has 0 bridgehead atoms. The standard InChI is InChI=1S/C11H21NO6S/c1-5-12(11(3,4)10(14)15)19(16,17)8-7-9(13)18-6-2/h5-8H2,1-4H3,(H,14,15). The maximum absolute atomic E-state index is 12.1. The van der Waals surface area contributed by atoms with E-state index in [0.29, 0.717) is 0 Å². The number of esters is 1. The summed E-state index contributed by atoms with van der Waals surface area (Å²) in [7, 11) is -3.84. The highest BCUT2D eigenvalue weighted by atomic mass is 32.2. The van der Waals surface area contributed by atoms with Crippen molar-refractivity contribution in [1.29, 1.82) is 0 Å². The molecule has 0 rings (SSSR count). The Morgan fingerprint density at radius 2 is 1.79 bits per heavy atom. The second-order valence-electron chi connectivity index (χ2n) is 4.40. The Morgan fingerprint density at radius 3 is 2.16 bits per heavy atom. The van der Waals surface area contributed by atoms with Crippen LogP contribution in [0, 0.1) is 0 Å². The number of carbonyl (C=O) groups is 2. The Labute approximate surface area is 113 Å². The molecule has 0 aromatic rings. The number of likely N-dealkylation sites (N-methyl/N-ethyl adjacent to an activating group) is 1. The molecule has 0 amide bonds. The smallest absolute Gasteiger partial charge is 0.324 e. The summed E-state index contributed by atoms with van der Waals surface area (Å²) in [5.74, 6) is -2.32. The van der Waals surface area contributed by atoms with Crippen LogP contribution in [0.2, 0.25) is 0 Å². The molecule has 112 valence electrons. The third-order valence-corrected chi connectivity index (χ3v) is 4.75. The van der Waals surface area contributed by atoms with E-state index in [1.807, 2.05) is 0 Å². The van der Waals surface area contributed by atoms with Crippen molar-refractivity contribution < 1.29 is 27.9 Å². The zero-order valence-corrected chi connectivity index (χ0v) is 12.5. The van der Waals surface area contributed by atoms with Gasteiger partial charge in [-0.3, -0.25) is 9.59 Å². The van der Waals surface area contributed by atoms with Crippen LogP contribution < -0.4 is 0 Å². The minimum absolute atomic E-state index is 0.0183. The van der Waals surface area contributed by atoms with Crippen molar-refractivity contribution in [2.24, 2.45) is 0 Å². The Morgan fingerprint density at radius 1 is 1.26 bits per heavy atom. The van der Waals surface area contributed by atoms with Gasteiger partial charge in [-0.05, 0) is 20.8 Å². The average Bonchev–Trinajstić information content (AvgIpc) is 2.27. The predicted octanol–water partition coefficient (Wildman–Crippen LogP) is 0.455. The number of aliphatic carboxylic acids is 1. The summed E-state index contributed by atoms with van der Waals surface area (Å²) < 4.78 is 29.7. The van der Waals surface area contributed by atoms with Gasteiger partial charge in [-0.1, -0.05) is 6.92 Å². The fraction of sp³-hybridized carbons (Fsp3) is 0.818. The molecule has 0 aliphatic carbocycles. The molecule has 0 saturated carbocycles. The molecule has 0 radical (unpaired) electrons. The van der Waals surface area contributed by atoms with E-state index in [2.05, 4.69) is 4.74 Å². The van der Waals surface area contributed by atoms with Gasteiger partial charge in [0.2, 0.25) is 10.0 Å². The van der Waals surface area contributed by atoms with Crippen LogP contribution in [0.1, 0.15) is 34.1 Å². The first-order valence-corrected chi connectivity index (χ1v) is 7.60. The summed E-state index contributed by atoms with van der Waals surface area (Å²) in [6.45, 7) is 5.98. The van der Waals surface area contributed by atoms with Crippen LogP contribution >= 0.6 is 0 Å². The molecule has 0 atom stereocenters. The molecule has 0 fully saturated rings. The highest BCUT2D eigenvalue weighted by Gasteiger charge is 2.41. The van der Waals surface area contributed by atoms with Crippen molar-refractivity contribution >= 4 is 22.0 Å². The molecule has 1 N–H and O–H groups in total. The average molecular weight is 295 g/mol. The molecule has 0 heterocycles. The van der Waals surface area contributed by atoms with Gasteiger partial charge >= 0.3 is 11.9 Å². The minimum Gasteiger partial charge on any atom is -0.480 e. The first-order chi connectivity index (χ1) is 8.59. The van der Waals surface area contributed by atoms with Crippen LogP contribution in [-0.2, 0) is 24.3 Å². The summed E-state index contributed by atoms with van der Waals surface area (Å²) in [6, 6.07) is 0.